The monoisotopic (exact) mass is 291 g/mol. The molecule has 0 aromatic heterocycles. The molecule has 4 saturated carbocycles. The molecule has 0 bridgehead atoms. The number of nitrogens with two attached hydrogens (primary N) is 1. The predicted molar refractivity (Wildman–Crippen MR) is 85.7 cm³/mol. The smallest absolute Gasteiger partial charge is 0.0543 e. The molecule has 4 aliphatic rings. The largest absolute Gasteiger partial charge is 0.393 e. The SMILES string of the molecule is C[C@]12CC[C@H](O)C[C@@H]1CC[C@@H]1[C@H]2CC[C@]2(C)[C@H](N)CC[C@@H]12. The van der Waals surface area contributed by atoms with Gasteiger partial charge in [0.05, 0.1) is 6.10 Å². The number of hydrogen-bond acceptors (Lipinski definition) is 2. The summed E-state index contributed by atoms with van der Waals surface area (Å²) < 4.78 is 0. The van der Waals surface area contributed by atoms with E-state index in [2.05, 4.69) is 13.8 Å². The summed E-state index contributed by atoms with van der Waals surface area (Å²) in [7, 11) is 0. The third-order valence-corrected chi connectivity index (χ3v) is 8.71. The Morgan fingerprint density at radius 1 is 0.857 bits per heavy atom. The fraction of sp³-hybridized carbons (Fsp3) is 1.00. The summed E-state index contributed by atoms with van der Waals surface area (Å²) in [5.41, 5.74) is 7.43. The maximum atomic E-state index is 10.1. The molecular weight excluding hydrogens is 258 g/mol. The van der Waals surface area contributed by atoms with Crippen LogP contribution in [0.3, 0.4) is 0 Å². The molecule has 0 radical (unpaired) electrons. The van der Waals surface area contributed by atoms with Gasteiger partial charge in [0.15, 0.2) is 0 Å². The van der Waals surface area contributed by atoms with Crippen molar-refractivity contribution in [3.05, 3.63) is 0 Å². The zero-order valence-corrected chi connectivity index (χ0v) is 13.9. The summed E-state index contributed by atoms with van der Waals surface area (Å²) in [4.78, 5) is 0. The van der Waals surface area contributed by atoms with E-state index in [0.717, 1.165) is 36.5 Å². The highest BCUT2D eigenvalue weighted by molar-refractivity contribution is 5.10. The molecule has 0 amide bonds. The van der Waals surface area contributed by atoms with Crippen molar-refractivity contribution in [2.75, 3.05) is 0 Å². The van der Waals surface area contributed by atoms with Crippen LogP contribution in [0.15, 0.2) is 0 Å². The van der Waals surface area contributed by atoms with E-state index in [0.29, 0.717) is 16.9 Å². The van der Waals surface area contributed by atoms with Crippen LogP contribution in [-0.2, 0) is 0 Å². The van der Waals surface area contributed by atoms with Gasteiger partial charge in [-0.15, -0.1) is 0 Å². The fourth-order valence-corrected chi connectivity index (χ4v) is 7.28. The molecule has 0 aliphatic heterocycles. The lowest BCUT2D eigenvalue weighted by Gasteiger charge is -2.60. The predicted octanol–water partition coefficient (Wildman–Crippen LogP) is 3.72. The molecule has 0 aromatic rings. The van der Waals surface area contributed by atoms with Crippen molar-refractivity contribution in [1.29, 1.82) is 0 Å². The van der Waals surface area contributed by atoms with Crippen LogP contribution in [0.2, 0.25) is 0 Å². The average Bonchev–Trinajstić information content (AvgIpc) is 2.76. The number of rotatable bonds is 0. The first-order chi connectivity index (χ1) is 9.95. The molecule has 0 spiro atoms. The zero-order valence-electron chi connectivity index (χ0n) is 13.9. The van der Waals surface area contributed by atoms with Gasteiger partial charge < -0.3 is 10.8 Å². The van der Waals surface area contributed by atoms with Gasteiger partial charge in [-0.2, -0.15) is 0 Å². The summed E-state index contributed by atoms with van der Waals surface area (Å²) in [6, 6.07) is 0.446. The highest BCUT2D eigenvalue weighted by Gasteiger charge is 2.59. The molecule has 21 heavy (non-hydrogen) atoms. The lowest BCUT2D eigenvalue weighted by Crippen LogP contribution is -2.55. The van der Waals surface area contributed by atoms with Gasteiger partial charge in [0, 0.05) is 6.04 Å². The fourth-order valence-electron chi connectivity index (χ4n) is 7.28. The molecule has 3 N–H and O–H groups in total. The molecule has 4 fully saturated rings. The van der Waals surface area contributed by atoms with Crippen LogP contribution in [0.1, 0.15) is 71.6 Å². The minimum Gasteiger partial charge on any atom is -0.393 e. The van der Waals surface area contributed by atoms with Crippen molar-refractivity contribution < 1.29 is 5.11 Å². The van der Waals surface area contributed by atoms with E-state index in [1.54, 1.807) is 0 Å². The van der Waals surface area contributed by atoms with Gasteiger partial charge in [-0.3, -0.25) is 0 Å². The Balaban J connectivity index is 1.62. The van der Waals surface area contributed by atoms with Gasteiger partial charge in [0.1, 0.15) is 0 Å². The van der Waals surface area contributed by atoms with E-state index in [4.69, 9.17) is 5.73 Å². The quantitative estimate of drug-likeness (QED) is 0.714. The van der Waals surface area contributed by atoms with Crippen LogP contribution >= 0.6 is 0 Å². The van der Waals surface area contributed by atoms with Crippen molar-refractivity contribution in [3.8, 4) is 0 Å². The highest BCUT2D eigenvalue weighted by Crippen LogP contribution is 2.65. The molecule has 0 heterocycles. The lowest BCUT2D eigenvalue weighted by atomic mass is 9.45. The van der Waals surface area contributed by atoms with Gasteiger partial charge in [0.25, 0.3) is 0 Å². The van der Waals surface area contributed by atoms with Crippen molar-refractivity contribution in [3.63, 3.8) is 0 Å². The standard InChI is InChI=1S/C19H33NO/c1-18-9-7-13(21)11-12(18)3-4-14-15-5-6-17(20)19(15,2)10-8-16(14)18/h12-17,21H,3-11,20H2,1-2H3/t12-,13-,14-,15-,16+,17+,18-,19-/m0/s1. The van der Waals surface area contributed by atoms with Gasteiger partial charge >= 0.3 is 0 Å². The van der Waals surface area contributed by atoms with E-state index < -0.39 is 0 Å². The highest BCUT2D eigenvalue weighted by atomic mass is 16.3. The molecule has 0 saturated heterocycles. The molecule has 120 valence electrons. The first kappa shape index (κ1) is 14.5. The van der Waals surface area contributed by atoms with E-state index in [-0.39, 0.29) is 6.10 Å². The molecular formula is C19H33NO. The summed E-state index contributed by atoms with van der Waals surface area (Å²) >= 11 is 0. The van der Waals surface area contributed by atoms with Gasteiger partial charge in [-0.25, -0.2) is 0 Å². The second kappa shape index (κ2) is 4.71. The Labute approximate surface area is 129 Å². The molecule has 2 heteroatoms. The zero-order chi connectivity index (χ0) is 14.8. The summed E-state index contributed by atoms with van der Waals surface area (Å²) in [5, 5.41) is 10.1. The Hall–Kier alpha value is -0.0800. The molecule has 8 atom stereocenters. The molecule has 2 nitrogen and oxygen atoms in total. The van der Waals surface area contributed by atoms with Crippen LogP contribution in [-0.4, -0.2) is 17.3 Å². The summed E-state index contributed by atoms with van der Waals surface area (Å²) in [5.74, 6) is 3.50. The molecule has 0 aromatic carbocycles. The normalized spacial score (nSPS) is 60.0. The van der Waals surface area contributed by atoms with Crippen molar-refractivity contribution in [1.82, 2.24) is 0 Å². The maximum absolute atomic E-state index is 10.1. The average molecular weight is 291 g/mol. The maximum Gasteiger partial charge on any atom is 0.0543 e. The van der Waals surface area contributed by atoms with E-state index in [1.165, 1.54) is 44.9 Å². The van der Waals surface area contributed by atoms with Gasteiger partial charge in [-0.05, 0) is 92.3 Å². The second-order valence-corrected chi connectivity index (χ2v) is 9.31. The van der Waals surface area contributed by atoms with Crippen molar-refractivity contribution >= 4 is 0 Å². The number of hydrogen-bond donors (Lipinski definition) is 2. The first-order valence-corrected chi connectivity index (χ1v) is 9.39. The molecule has 0 unspecified atom stereocenters. The third kappa shape index (κ3) is 1.91. The lowest BCUT2D eigenvalue weighted by molar-refractivity contribution is -0.122. The summed E-state index contributed by atoms with van der Waals surface area (Å²) in [6.45, 7) is 5.06. The van der Waals surface area contributed by atoms with Gasteiger partial charge in [-0.1, -0.05) is 13.8 Å². The van der Waals surface area contributed by atoms with Crippen LogP contribution < -0.4 is 5.73 Å². The number of aliphatic hydroxyl groups excluding tert-OH is 1. The van der Waals surface area contributed by atoms with E-state index >= 15 is 0 Å². The Morgan fingerprint density at radius 2 is 1.57 bits per heavy atom. The van der Waals surface area contributed by atoms with E-state index in [1.807, 2.05) is 0 Å². The van der Waals surface area contributed by atoms with Crippen LogP contribution in [0.4, 0.5) is 0 Å². The Bertz CT molecular complexity index is 424. The van der Waals surface area contributed by atoms with E-state index in [9.17, 15) is 5.11 Å². The molecule has 4 rings (SSSR count). The molecule has 4 aliphatic carbocycles. The van der Waals surface area contributed by atoms with Crippen LogP contribution in [0.25, 0.3) is 0 Å². The minimum atomic E-state index is -0.0200. The second-order valence-electron chi connectivity index (χ2n) is 9.31. The summed E-state index contributed by atoms with van der Waals surface area (Å²) in [6.07, 6.45) is 11.5. The third-order valence-electron chi connectivity index (χ3n) is 8.71. The first-order valence-electron chi connectivity index (χ1n) is 9.39. The van der Waals surface area contributed by atoms with Crippen LogP contribution in [0, 0.1) is 34.5 Å². The van der Waals surface area contributed by atoms with Crippen molar-refractivity contribution in [2.24, 2.45) is 40.2 Å². The Morgan fingerprint density at radius 3 is 2.38 bits per heavy atom. The van der Waals surface area contributed by atoms with Crippen molar-refractivity contribution in [2.45, 2.75) is 83.8 Å². The number of aliphatic hydroxyl groups is 1. The Kier molecular flexibility index (Phi) is 3.25. The number of fused-ring (bicyclic) bond motifs is 5. The van der Waals surface area contributed by atoms with Gasteiger partial charge in [0.2, 0.25) is 0 Å². The van der Waals surface area contributed by atoms with Crippen LogP contribution in [0.5, 0.6) is 0 Å². The minimum absolute atomic E-state index is 0.0200. The topological polar surface area (TPSA) is 46.2 Å².